The second-order valence-electron chi connectivity index (χ2n) is 3.95. The fraction of sp³-hybridized carbons (Fsp3) is 0.900. The lowest BCUT2D eigenvalue weighted by atomic mass is 9.73. The molecule has 0 radical (unpaired) electrons. The highest BCUT2D eigenvalue weighted by molar-refractivity contribution is 5.79. The molecule has 1 aliphatic carbocycles. The van der Waals surface area contributed by atoms with Crippen LogP contribution in [0.2, 0.25) is 0 Å². The Morgan fingerprint density at radius 1 is 1.62 bits per heavy atom. The predicted octanol–water partition coefficient (Wildman–Crippen LogP) is 1.63. The Morgan fingerprint density at radius 3 is 2.77 bits per heavy atom. The Hall–Kier alpha value is -0.570. The maximum Gasteiger partial charge on any atom is 0.324 e. The highest BCUT2D eigenvalue weighted by Crippen LogP contribution is 2.33. The summed E-state index contributed by atoms with van der Waals surface area (Å²) >= 11 is 0. The monoisotopic (exact) mass is 185 g/mol. The van der Waals surface area contributed by atoms with Crippen LogP contribution in [0.15, 0.2) is 0 Å². The first kappa shape index (κ1) is 10.5. The Morgan fingerprint density at radius 2 is 2.31 bits per heavy atom. The van der Waals surface area contributed by atoms with E-state index in [1.54, 1.807) is 0 Å². The standard InChI is InChI=1S/C10H19NO2/c1-3-11-10(9(12)13)7-5-4-6-8(10)2/h8,11H,3-7H2,1-2H3,(H,12,13). The van der Waals surface area contributed by atoms with Crippen molar-refractivity contribution in [2.45, 2.75) is 45.1 Å². The van der Waals surface area contributed by atoms with E-state index in [1.807, 2.05) is 13.8 Å². The van der Waals surface area contributed by atoms with Crippen molar-refractivity contribution in [1.29, 1.82) is 0 Å². The quantitative estimate of drug-likeness (QED) is 0.702. The second kappa shape index (κ2) is 4.09. The third-order valence-electron chi connectivity index (χ3n) is 3.17. The summed E-state index contributed by atoms with van der Waals surface area (Å²) in [6.45, 7) is 4.73. The van der Waals surface area contributed by atoms with Gasteiger partial charge in [-0.2, -0.15) is 0 Å². The minimum Gasteiger partial charge on any atom is -0.480 e. The Kier molecular flexibility index (Phi) is 3.31. The third kappa shape index (κ3) is 1.85. The molecule has 2 N–H and O–H groups in total. The van der Waals surface area contributed by atoms with Gasteiger partial charge in [0.1, 0.15) is 5.54 Å². The van der Waals surface area contributed by atoms with E-state index in [4.69, 9.17) is 0 Å². The number of hydrogen-bond acceptors (Lipinski definition) is 2. The normalized spacial score (nSPS) is 34.5. The molecule has 0 aliphatic heterocycles. The summed E-state index contributed by atoms with van der Waals surface area (Å²) in [5, 5.41) is 12.4. The zero-order valence-corrected chi connectivity index (χ0v) is 8.47. The topological polar surface area (TPSA) is 49.3 Å². The summed E-state index contributed by atoms with van der Waals surface area (Å²) in [7, 11) is 0. The molecule has 1 saturated carbocycles. The number of hydrogen-bond donors (Lipinski definition) is 2. The molecule has 0 heterocycles. The molecule has 3 heteroatoms. The smallest absolute Gasteiger partial charge is 0.324 e. The van der Waals surface area contributed by atoms with Crippen molar-refractivity contribution in [2.24, 2.45) is 5.92 Å². The molecule has 1 rings (SSSR count). The van der Waals surface area contributed by atoms with Crippen molar-refractivity contribution < 1.29 is 9.90 Å². The van der Waals surface area contributed by atoms with Gasteiger partial charge in [-0.3, -0.25) is 4.79 Å². The first-order valence-corrected chi connectivity index (χ1v) is 5.12. The maximum atomic E-state index is 11.2. The van der Waals surface area contributed by atoms with Crippen LogP contribution in [0.5, 0.6) is 0 Å². The number of carboxylic acid groups (broad SMARTS) is 1. The molecule has 0 amide bonds. The molecule has 0 spiro atoms. The van der Waals surface area contributed by atoms with Crippen molar-refractivity contribution in [2.75, 3.05) is 6.54 Å². The lowest BCUT2D eigenvalue weighted by molar-refractivity contribution is -0.148. The summed E-state index contributed by atoms with van der Waals surface area (Å²) in [6.07, 6.45) is 4.00. The highest BCUT2D eigenvalue weighted by Gasteiger charge is 2.44. The minimum atomic E-state index is -0.679. The van der Waals surface area contributed by atoms with Crippen LogP contribution in [0.25, 0.3) is 0 Å². The summed E-state index contributed by atoms with van der Waals surface area (Å²) in [5.74, 6) is -0.430. The average molecular weight is 185 g/mol. The van der Waals surface area contributed by atoms with Gasteiger partial charge in [0.05, 0.1) is 0 Å². The van der Waals surface area contributed by atoms with Crippen molar-refractivity contribution in [3.8, 4) is 0 Å². The van der Waals surface area contributed by atoms with Crippen molar-refractivity contribution in [3.05, 3.63) is 0 Å². The van der Waals surface area contributed by atoms with Crippen molar-refractivity contribution >= 4 is 5.97 Å². The number of rotatable bonds is 3. The number of nitrogens with one attached hydrogen (secondary N) is 1. The van der Waals surface area contributed by atoms with Gasteiger partial charge in [0.2, 0.25) is 0 Å². The van der Waals surface area contributed by atoms with Gasteiger partial charge in [-0.05, 0) is 25.3 Å². The van der Waals surface area contributed by atoms with E-state index in [2.05, 4.69) is 5.32 Å². The molecule has 0 aromatic heterocycles. The Bertz CT molecular complexity index is 189. The van der Waals surface area contributed by atoms with E-state index < -0.39 is 11.5 Å². The Labute approximate surface area is 79.5 Å². The SMILES string of the molecule is CCNC1(C(=O)O)CCCCC1C. The molecular formula is C10H19NO2. The van der Waals surface area contributed by atoms with Gasteiger partial charge < -0.3 is 10.4 Å². The zero-order valence-electron chi connectivity index (χ0n) is 8.47. The largest absolute Gasteiger partial charge is 0.480 e. The Balaban J connectivity index is 2.79. The predicted molar refractivity (Wildman–Crippen MR) is 51.7 cm³/mol. The molecule has 2 unspecified atom stereocenters. The number of likely N-dealkylation sites (N-methyl/N-ethyl adjacent to an activating group) is 1. The highest BCUT2D eigenvalue weighted by atomic mass is 16.4. The molecule has 1 fully saturated rings. The van der Waals surface area contributed by atoms with Crippen LogP contribution in [0.3, 0.4) is 0 Å². The van der Waals surface area contributed by atoms with E-state index in [0.29, 0.717) is 0 Å². The molecule has 3 nitrogen and oxygen atoms in total. The fourth-order valence-electron chi connectivity index (χ4n) is 2.32. The zero-order chi connectivity index (χ0) is 9.90. The van der Waals surface area contributed by atoms with Crippen LogP contribution in [-0.4, -0.2) is 23.2 Å². The van der Waals surface area contributed by atoms with Crippen LogP contribution >= 0.6 is 0 Å². The summed E-state index contributed by atoms with van der Waals surface area (Å²) < 4.78 is 0. The van der Waals surface area contributed by atoms with E-state index in [1.165, 1.54) is 6.42 Å². The van der Waals surface area contributed by atoms with Crippen LogP contribution < -0.4 is 5.32 Å². The van der Waals surface area contributed by atoms with Crippen molar-refractivity contribution in [3.63, 3.8) is 0 Å². The molecule has 1 aliphatic rings. The number of carbonyl (C=O) groups is 1. The van der Waals surface area contributed by atoms with Gasteiger partial charge in [-0.25, -0.2) is 0 Å². The van der Waals surface area contributed by atoms with E-state index >= 15 is 0 Å². The second-order valence-corrected chi connectivity index (χ2v) is 3.95. The van der Waals surface area contributed by atoms with Gasteiger partial charge in [0, 0.05) is 0 Å². The van der Waals surface area contributed by atoms with Gasteiger partial charge in [0.15, 0.2) is 0 Å². The van der Waals surface area contributed by atoms with E-state index in [0.717, 1.165) is 25.8 Å². The molecular weight excluding hydrogens is 166 g/mol. The average Bonchev–Trinajstić information content (AvgIpc) is 2.09. The van der Waals surface area contributed by atoms with E-state index in [9.17, 15) is 9.90 Å². The summed E-state index contributed by atoms with van der Waals surface area (Å²) in [6, 6.07) is 0. The van der Waals surface area contributed by atoms with Crippen molar-refractivity contribution in [1.82, 2.24) is 5.32 Å². The fourth-order valence-corrected chi connectivity index (χ4v) is 2.32. The van der Waals surface area contributed by atoms with Crippen LogP contribution in [0.1, 0.15) is 39.5 Å². The van der Waals surface area contributed by atoms with Crippen LogP contribution in [0, 0.1) is 5.92 Å². The first-order valence-electron chi connectivity index (χ1n) is 5.12. The van der Waals surface area contributed by atoms with Gasteiger partial charge in [-0.1, -0.05) is 26.7 Å². The van der Waals surface area contributed by atoms with Gasteiger partial charge in [0.25, 0.3) is 0 Å². The maximum absolute atomic E-state index is 11.2. The molecule has 0 aromatic rings. The van der Waals surface area contributed by atoms with Crippen LogP contribution in [0.4, 0.5) is 0 Å². The third-order valence-corrected chi connectivity index (χ3v) is 3.17. The molecule has 0 saturated heterocycles. The molecule has 13 heavy (non-hydrogen) atoms. The van der Waals surface area contributed by atoms with Crippen LogP contribution in [-0.2, 0) is 4.79 Å². The lowest BCUT2D eigenvalue weighted by Crippen LogP contribution is -2.58. The summed E-state index contributed by atoms with van der Waals surface area (Å²) in [5.41, 5.74) is -0.646. The molecule has 0 bridgehead atoms. The first-order chi connectivity index (χ1) is 6.13. The molecule has 76 valence electrons. The van der Waals surface area contributed by atoms with E-state index in [-0.39, 0.29) is 5.92 Å². The number of carboxylic acids is 1. The summed E-state index contributed by atoms with van der Waals surface area (Å²) in [4.78, 5) is 11.2. The van der Waals surface area contributed by atoms with Gasteiger partial charge >= 0.3 is 5.97 Å². The minimum absolute atomic E-state index is 0.249. The van der Waals surface area contributed by atoms with Gasteiger partial charge in [-0.15, -0.1) is 0 Å². The number of aliphatic carboxylic acids is 1. The molecule has 0 aromatic carbocycles. The molecule has 2 atom stereocenters. The lowest BCUT2D eigenvalue weighted by Gasteiger charge is -2.39.